The van der Waals surface area contributed by atoms with E-state index in [0.29, 0.717) is 11.8 Å². The molecule has 4 nitrogen and oxygen atoms in total. The predicted octanol–water partition coefficient (Wildman–Crippen LogP) is 12.8. The third-order valence-corrected chi connectivity index (χ3v) is 16.9. The van der Waals surface area contributed by atoms with Gasteiger partial charge in [0.25, 0.3) is 0 Å². The van der Waals surface area contributed by atoms with Gasteiger partial charge in [0.05, 0.1) is 0 Å². The molecule has 0 atom stereocenters. The molecular formula is C56H40N2O2Si. The van der Waals surface area contributed by atoms with E-state index in [4.69, 9.17) is 18.8 Å². The maximum atomic E-state index is 6.32. The lowest BCUT2D eigenvalue weighted by Crippen LogP contribution is -2.59. The van der Waals surface area contributed by atoms with Crippen molar-refractivity contribution in [1.29, 1.82) is 0 Å². The lowest BCUT2D eigenvalue weighted by molar-refractivity contribution is 0.619. The largest absolute Gasteiger partial charge is 0.436 e. The van der Waals surface area contributed by atoms with Crippen LogP contribution < -0.4 is 10.4 Å². The van der Waals surface area contributed by atoms with Gasteiger partial charge in [-0.05, 0) is 128 Å². The Labute approximate surface area is 355 Å². The number of allylic oxidation sites excluding steroid dienone is 2. The maximum absolute atomic E-state index is 6.32. The Hall–Kier alpha value is -7.60. The molecule has 0 N–H and O–H groups in total. The summed E-state index contributed by atoms with van der Waals surface area (Å²) in [6.45, 7) is 4.16. The fourth-order valence-corrected chi connectivity index (χ4v) is 14.9. The zero-order chi connectivity index (χ0) is 40.9. The molecule has 8 aromatic carbocycles. The molecule has 11 rings (SSSR count). The topological polar surface area (TPSA) is 52.1 Å². The number of oxazole rings is 2. The Morgan fingerprint density at radius 2 is 0.689 bits per heavy atom. The first kappa shape index (κ1) is 36.5. The number of rotatable bonds is 8. The van der Waals surface area contributed by atoms with E-state index < -0.39 is 8.07 Å². The fraction of sp³-hybridized carbons (Fsp3) is 0.0357. The van der Waals surface area contributed by atoms with Crippen molar-refractivity contribution in [3.8, 4) is 22.9 Å². The van der Waals surface area contributed by atoms with Crippen molar-refractivity contribution in [2.45, 2.75) is 13.8 Å². The maximum Gasteiger partial charge on any atom is 0.227 e. The van der Waals surface area contributed by atoms with E-state index in [1.54, 1.807) is 0 Å². The summed E-state index contributed by atoms with van der Waals surface area (Å²) in [5, 5.41) is 5.29. The van der Waals surface area contributed by atoms with Crippen LogP contribution in [0, 0.1) is 13.8 Å². The van der Waals surface area contributed by atoms with Crippen molar-refractivity contribution in [3.63, 3.8) is 0 Å². The number of benzene rings is 8. The lowest BCUT2D eigenvalue weighted by Gasteiger charge is -2.36. The van der Waals surface area contributed by atoms with Crippen molar-refractivity contribution < 1.29 is 8.83 Å². The highest BCUT2D eigenvalue weighted by molar-refractivity contribution is 7.29. The second kappa shape index (κ2) is 14.9. The predicted molar refractivity (Wildman–Crippen MR) is 253 cm³/mol. The van der Waals surface area contributed by atoms with E-state index in [0.717, 1.165) is 55.6 Å². The molecule has 0 spiro atoms. The minimum Gasteiger partial charge on any atom is -0.436 e. The Morgan fingerprint density at radius 3 is 1.07 bits per heavy atom. The first-order valence-electron chi connectivity index (χ1n) is 20.7. The first-order valence-corrected chi connectivity index (χ1v) is 22.7. The number of aryl methyl sites for hydroxylation is 2. The van der Waals surface area contributed by atoms with Gasteiger partial charge in [0, 0.05) is 11.1 Å². The van der Waals surface area contributed by atoms with Gasteiger partial charge in [-0.15, -0.1) is 0 Å². The van der Waals surface area contributed by atoms with E-state index in [9.17, 15) is 0 Å². The fourth-order valence-electron chi connectivity index (χ4n) is 9.26. The van der Waals surface area contributed by atoms with Gasteiger partial charge in [0.2, 0.25) is 11.8 Å². The summed E-state index contributed by atoms with van der Waals surface area (Å²) in [5.74, 6) is 1.23. The second-order valence-corrected chi connectivity index (χ2v) is 19.5. The third kappa shape index (κ3) is 6.21. The Bertz CT molecular complexity index is 3050. The molecule has 10 aromatic rings. The summed E-state index contributed by atoms with van der Waals surface area (Å²) in [4.78, 5) is 9.83. The Morgan fingerprint density at radius 1 is 0.344 bits per heavy atom. The van der Waals surface area contributed by atoms with Crippen LogP contribution in [0.25, 0.3) is 66.6 Å². The molecule has 0 aliphatic carbocycles. The van der Waals surface area contributed by atoms with Gasteiger partial charge in [-0.3, -0.25) is 0 Å². The molecule has 1 aliphatic heterocycles. The van der Waals surface area contributed by atoms with Crippen molar-refractivity contribution in [1.82, 2.24) is 9.97 Å². The zero-order valence-corrected chi connectivity index (χ0v) is 34.8. The highest BCUT2D eigenvalue weighted by Gasteiger charge is 2.53. The first-order chi connectivity index (χ1) is 30.0. The van der Waals surface area contributed by atoms with Gasteiger partial charge in [-0.25, -0.2) is 9.97 Å². The molecule has 2 aromatic heterocycles. The van der Waals surface area contributed by atoms with Gasteiger partial charge in [-0.1, -0.05) is 158 Å². The van der Waals surface area contributed by atoms with Gasteiger partial charge in [0.1, 0.15) is 11.0 Å². The van der Waals surface area contributed by atoms with E-state index in [2.05, 4.69) is 208 Å². The van der Waals surface area contributed by atoms with Crippen LogP contribution in [0.15, 0.2) is 215 Å². The zero-order valence-electron chi connectivity index (χ0n) is 33.8. The smallest absolute Gasteiger partial charge is 0.227 e. The van der Waals surface area contributed by atoms with E-state index >= 15 is 0 Å². The highest BCUT2D eigenvalue weighted by Crippen LogP contribution is 2.55. The van der Waals surface area contributed by atoms with Crippen LogP contribution in [-0.4, -0.2) is 18.0 Å². The van der Waals surface area contributed by atoms with Crippen LogP contribution in [0.2, 0.25) is 0 Å². The van der Waals surface area contributed by atoms with Crippen molar-refractivity contribution in [2.75, 3.05) is 0 Å². The monoisotopic (exact) mass is 800 g/mol. The van der Waals surface area contributed by atoms with Crippen LogP contribution in [0.4, 0.5) is 0 Å². The molecule has 5 heteroatoms. The van der Waals surface area contributed by atoms with E-state index in [1.807, 2.05) is 12.1 Å². The molecule has 0 unspecified atom stereocenters. The minimum absolute atomic E-state index is 0.614. The van der Waals surface area contributed by atoms with E-state index in [-0.39, 0.29) is 0 Å². The normalized spacial score (nSPS) is 13.7. The second-order valence-electron chi connectivity index (χ2n) is 15.8. The molecule has 3 heterocycles. The van der Waals surface area contributed by atoms with Crippen LogP contribution >= 0.6 is 0 Å². The van der Waals surface area contributed by atoms with E-state index in [1.165, 1.54) is 43.0 Å². The third-order valence-electron chi connectivity index (χ3n) is 12.0. The standard InChI is InChI=1S/C56H40N2O2Si/c1-37-23-33-49-47(35-37)57-55(59-49)43-29-25-41(26-30-43)53-51(39-15-7-3-8-16-39)52(40-17-9-4-10-18-40)54(61(53,45-19-11-5-12-20-45)46-21-13-6-14-22-46)42-27-31-44(32-28-42)56-58-48-36-38(2)24-34-50(48)60-56/h3-36H,1-2H3. The van der Waals surface area contributed by atoms with Crippen molar-refractivity contribution in [3.05, 3.63) is 240 Å². The summed E-state index contributed by atoms with van der Waals surface area (Å²) < 4.78 is 12.6. The number of hydrogen-bond acceptors (Lipinski definition) is 4. The van der Waals surface area contributed by atoms with Crippen molar-refractivity contribution in [2.24, 2.45) is 0 Å². The summed E-state index contributed by atoms with van der Waals surface area (Å²) in [6, 6.07) is 74.4. The molecule has 290 valence electrons. The van der Waals surface area contributed by atoms with Gasteiger partial charge < -0.3 is 8.83 Å². The van der Waals surface area contributed by atoms with Gasteiger partial charge >= 0.3 is 0 Å². The van der Waals surface area contributed by atoms with Crippen LogP contribution in [0.1, 0.15) is 33.4 Å². The summed E-state index contributed by atoms with van der Waals surface area (Å²) in [5.41, 5.74) is 14.6. The quantitative estimate of drug-likeness (QED) is 0.144. The molecule has 0 saturated carbocycles. The molecule has 0 saturated heterocycles. The molecule has 0 bridgehead atoms. The van der Waals surface area contributed by atoms with Crippen LogP contribution in [0.3, 0.4) is 0 Å². The minimum atomic E-state index is -3.19. The summed E-state index contributed by atoms with van der Waals surface area (Å²) in [6.07, 6.45) is 0. The number of aromatic nitrogens is 2. The number of fused-ring (bicyclic) bond motifs is 2. The molecule has 0 radical (unpaired) electrons. The van der Waals surface area contributed by atoms with Crippen LogP contribution in [0.5, 0.6) is 0 Å². The highest BCUT2D eigenvalue weighted by atomic mass is 28.3. The SMILES string of the molecule is Cc1ccc2oc(-c3ccc(C4=C(c5ccccc5)C(c5ccccc5)=C(c5ccc(-c6nc7cc(C)ccc7o6)cc5)[Si]4(c4ccccc4)c4ccccc4)cc3)nc2c1. The molecule has 0 amide bonds. The average Bonchev–Trinajstić information content (AvgIpc) is 4.03. The summed E-state index contributed by atoms with van der Waals surface area (Å²) >= 11 is 0. The van der Waals surface area contributed by atoms with Gasteiger partial charge in [0.15, 0.2) is 19.2 Å². The molecule has 1 aliphatic rings. The lowest BCUT2D eigenvalue weighted by atomic mass is 9.89. The van der Waals surface area contributed by atoms with Crippen molar-refractivity contribution >= 4 is 62.2 Å². The van der Waals surface area contributed by atoms with Gasteiger partial charge in [-0.2, -0.15) is 0 Å². The number of nitrogens with zero attached hydrogens (tertiary/aromatic N) is 2. The molecule has 0 fully saturated rings. The van der Waals surface area contributed by atoms with Crippen LogP contribution in [-0.2, 0) is 0 Å². The molecular weight excluding hydrogens is 761 g/mol. The molecule has 61 heavy (non-hydrogen) atoms. The summed E-state index contributed by atoms with van der Waals surface area (Å²) in [7, 11) is -3.19. The number of hydrogen-bond donors (Lipinski definition) is 0. The Balaban J connectivity index is 1.21. The Kier molecular flexibility index (Phi) is 8.91. The average molecular weight is 801 g/mol.